The van der Waals surface area contributed by atoms with Gasteiger partial charge in [0.15, 0.2) is 0 Å². The van der Waals surface area contributed by atoms with Crippen molar-refractivity contribution in [1.29, 1.82) is 0 Å². The first-order chi connectivity index (χ1) is 13.4. The van der Waals surface area contributed by atoms with E-state index in [4.69, 9.17) is 14.0 Å². The highest BCUT2D eigenvalue weighted by atomic mass is 16.7. The van der Waals surface area contributed by atoms with Crippen molar-refractivity contribution in [2.75, 3.05) is 13.1 Å². The zero-order valence-corrected chi connectivity index (χ0v) is 19.1. The molecule has 0 radical (unpaired) electrons. The van der Waals surface area contributed by atoms with Crippen LogP contribution < -0.4 is 0 Å². The number of benzene rings is 1. The summed E-state index contributed by atoms with van der Waals surface area (Å²) in [5, 5.41) is 0. The zero-order chi connectivity index (χ0) is 21.4. The topological polar surface area (TPSA) is 48.0 Å². The van der Waals surface area contributed by atoms with Crippen LogP contribution in [0, 0.1) is 0 Å². The number of rotatable bonds is 3. The number of carbonyl (C=O) groups excluding carboxylic acids is 1. The molecule has 0 N–H and O–H groups in total. The molecule has 2 heterocycles. The summed E-state index contributed by atoms with van der Waals surface area (Å²) in [6.45, 7) is 15.5. The molecule has 2 saturated heterocycles. The molecule has 160 valence electrons. The van der Waals surface area contributed by atoms with Crippen molar-refractivity contribution < 1.29 is 18.8 Å². The third-order valence-corrected chi connectivity index (χ3v) is 6.30. The van der Waals surface area contributed by atoms with E-state index < -0.39 is 5.60 Å². The number of likely N-dealkylation sites (tertiary alicyclic amines) is 1. The van der Waals surface area contributed by atoms with Crippen molar-refractivity contribution in [3.8, 4) is 0 Å². The summed E-state index contributed by atoms with van der Waals surface area (Å²) < 4.78 is 17.7. The van der Waals surface area contributed by atoms with Gasteiger partial charge in [0.05, 0.1) is 11.2 Å². The van der Waals surface area contributed by atoms with Gasteiger partial charge in [-0.25, -0.2) is 4.79 Å². The molecule has 0 spiro atoms. The molecule has 1 aromatic carbocycles. The monoisotopic (exact) mass is 401 g/mol. The third kappa shape index (κ3) is 5.34. The molecule has 3 rings (SSSR count). The van der Waals surface area contributed by atoms with Gasteiger partial charge in [-0.1, -0.05) is 24.3 Å². The van der Waals surface area contributed by atoms with Crippen LogP contribution in [0.25, 0.3) is 0 Å². The third-order valence-electron chi connectivity index (χ3n) is 6.30. The van der Waals surface area contributed by atoms with Crippen molar-refractivity contribution in [2.24, 2.45) is 0 Å². The summed E-state index contributed by atoms with van der Waals surface area (Å²) in [6, 6.07) is 8.80. The Hall–Kier alpha value is -1.53. The second-order valence-corrected chi connectivity index (χ2v) is 10.4. The summed E-state index contributed by atoms with van der Waals surface area (Å²) in [5.41, 5.74) is 1.53. The molecular formula is C23H36BNO4. The maximum absolute atomic E-state index is 12.2. The van der Waals surface area contributed by atoms with Gasteiger partial charge in [-0.2, -0.15) is 0 Å². The second-order valence-electron chi connectivity index (χ2n) is 10.4. The maximum Gasteiger partial charge on any atom is 0.462 e. The van der Waals surface area contributed by atoms with Gasteiger partial charge >= 0.3 is 13.2 Å². The van der Waals surface area contributed by atoms with Crippen molar-refractivity contribution in [3.05, 3.63) is 35.4 Å². The highest BCUT2D eigenvalue weighted by molar-refractivity contribution is 6.45. The van der Waals surface area contributed by atoms with Crippen LogP contribution in [0.15, 0.2) is 24.3 Å². The van der Waals surface area contributed by atoms with Crippen LogP contribution in [0.1, 0.15) is 78.4 Å². The zero-order valence-electron chi connectivity index (χ0n) is 19.1. The number of carbonyl (C=O) groups is 1. The molecule has 1 amide bonds. The SMILES string of the molecule is CC(C)(C)OC(=O)N1CCC(c2ccc(CB3OC(C)(C)C(C)(C)O3)cc2)CC1. The van der Waals surface area contributed by atoms with Crippen molar-refractivity contribution in [2.45, 2.75) is 90.3 Å². The van der Waals surface area contributed by atoms with Crippen LogP contribution in [-0.4, -0.2) is 48.0 Å². The fourth-order valence-electron chi connectivity index (χ4n) is 3.89. The van der Waals surface area contributed by atoms with E-state index in [0.29, 0.717) is 5.92 Å². The molecule has 2 aliphatic heterocycles. The summed E-state index contributed by atoms with van der Waals surface area (Å²) in [4.78, 5) is 14.1. The van der Waals surface area contributed by atoms with Gasteiger partial charge in [0, 0.05) is 19.4 Å². The highest BCUT2D eigenvalue weighted by Gasteiger charge is 2.50. The van der Waals surface area contributed by atoms with Gasteiger partial charge in [0.1, 0.15) is 5.60 Å². The molecule has 0 bridgehead atoms. The van der Waals surface area contributed by atoms with Gasteiger partial charge in [0.25, 0.3) is 0 Å². The molecule has 0 saturated carbocycles. The smallest absolute Gasteiger partial charge is 0.444 e. The van der Waals surface area contributed by atoms with Gasteiger partial charge in [-0.05, 0) is 78.4 Å². The van der Waals surface area contributed by atoms with Crippen LogP contribution in [-0.2, 0) is 20.4 Å². The Morgan fingerprint density at radius 2 is 1.59 bits per heavy atom. The van der Waals surface area contributed by atoms with Crippen molar-refractivity contribution >= 4 is 13.2 Å². The van der Waals surface area contributed by atoms with Gasteiger partial charge in [0.2, 0.25) is 0 Å². The summed E-state index contributed by atoms with van der Waals surface area (Å²) in [6.07, 6.45) is 2.49. The minimum atomic E-state index is -0.444. The quantitative estimate of drug-likeness (QED) is 0.671. The Kier molecular flexibility index (Phi) is 6.08. The van der Waals surface area contributed by atoms with E-state index in [1.165, 1.54) is 11.1 Å². The molecule has 29 heavy (non-hydrogen) atoms. The van der Waals surface area contributed by atoms with Crippen LogP contribution in [0.2, 0.25) is 0 Å². The van der Waals surface area contributed by atoms with Crippen molar-refractivity contribution in [3.63, 3.8) is 0 Å². The number of ether oxygens (including phenoxy) is 1. The fourth-order valence-corrected chi connectivity index (χ4v) is 3.89. The Bertz CT molecular complexity index is 699. The van der Waals surface area contributed by atoms with E-state index in [2.05, 4.69) is 52.0 Å². The second kappa shape index (κ2) is 7.95. The van der Waals surface area contributed by atoms with Crippen LogP contribution >= 0.6 is 0 Å². The van der Waals surface area contributed by atoms with E-state index in [1.54, 1.807) is 0 Å². The van der Waals surface area contributed by atoms with Gasteiger partial charge in [-0.15, -0.1) is 0 Å². The van der Waals surface area contributed by atoms with Gasteiger partial charge < -0.3 is 18.9 Å². The van der Waals surface area contributed by atoms with Gasteiger partial charge in [-0.3, -0.25) is 0 Å². The lowest BCUT2D eigenvalue weighted by atomic mass is 9.80. The number of amides is 1. The predicted octanol–water partition coefficient (Wildman–Crippen LogP) is 4.98. The molecule has 5 nitrogen and oxygen atoms in total. The lowest BCUT2D eigenvalue weighted by molar-refractivity contribution is 0.00578. The molecular weight excluding hydrogens is 365 g/mol. The Morgan fingerprint density at radius 3 is 2.07 bits per heavy atom. The maximum atomic E-state index is 12.2. The van der Waals surface area contributed by atoms with Crippen LogP contribution in [0.4, 0.5) is 4.79 Å². The van der Waals surface area contributed by atoms with E-state index >= 15 is 0 Å². The summed E-state index contributed by atoms with van der Waals surface area (Å²) >= 11 is 0. The number of nitrogens with zero attached hydrogens (tertiary/aromatic N) is 1. The molecule has 0 aromatic heterocycles. The molecule has 2 fully saturated rings. The normalized spacial score (nSPS) is 22.0. The summed E-state index contributed by atoms with van der Waals surface area (Å²) in [5.74, 6) is 0.486. The highest BCUT2D eigenvalue weighted by Crippen LogP contribution is 2.37. The first-order valence-electron chi connectivity index (χ1n) is 10.8. The summed E-state index contributed by atoms with van der Waals surface area (Å²) in [7, 11) is -0.206. The number of hydrogen-bond donors (Lipinski definition) is 0. The molecule has 1 aromatic rings. The molecule has 6 heteroatoms. The van der Waals surface area contributed by atoms with Crippen molar-refractivity contribution in [1.82, 2.24) is 4.90 Å². The average molecular weight is 401 g/mol. The molecule has 0 atom stereocenters. The lowest BCUT2D eigenvalue weighted by Gasteiger charge is -2.33. The Labute approximate surface area is 176 Å². The van der Waals surface area contributed by atoms with E-state index in [1.807, 2.05) is 25.7 Å². The van der Waals surface area contributed by atoms with E-state index in [9.17, 15) is 4.79 Å². The predicted molar refractivity (Wildman–Crippen MR) is 116 cm³/mol. The molecule has 2 aliphatic rings. The molecule has 0 unspecified atom stereocenters. The molecule has 0 aliphatic carbocycles. The largest absolute Gasteiger partial charge is 0.462 e. The minimum absolute atomic E-state index is 0.200. The lowest BCUT2D eigenvalue weighted by Crippen LogP contribution is -2.41. The van der Waals surface area contributed by atoms with Crippen LogP contribution in [0.3, 0.4) is 0 Å². The minimum Gasteiger partial charge on any atom is -0.444 e. The fraction of sp³-hybridized carbons (Fsp3) is 0.696. The van der Waals surface area contributed by atoms with E-state index in [-0.39, 0.29) is 24.4 Å². The Balaban J connectivity index is 1.52. The average Bonchev–Trinajstić information content (AvgIpc) is 2.80. The standard InChI is InChI=1S/C23H36BNO4/c1-21(2,3)27-20(26)25-14-12-19(13-15-25)18-10-8-17(9-11-18)16-24-28-22(4,5)23(6,7)29-24/h8-11,19H,12-16H2,1-7H3. The Morgan fingerprint density at radius 1 is 1.07 bits per heavy atom. The first kappa shape index (κ1) is 22.2. The number of piperidine rings is 1. The van der Waals surface area contributed by atoms with E-state index in [0.717, 1.165) is 32.3 Å². The number of hydrogen-bond acceptors (Lipinski definition) is 4. The van der Waals surface area contributed by atoms with Crippen LogP contribution in [0.5, 0.6) is 0 Å². The first-order valence-corrected chi connectivity index (χ1v) is 10.8.